The highest BCUT2D eigenvalue weighted by molar-refractivity contribution is 5.95. The molecule has 104 valence electrons. The molecule has 0 aromatic carbocycles. The topological polar surface area (TPSA) is 79.3 Å². The van der Waals surface area contributed by atoms with Crippen LogP contribution in [-0.2, 0) is 0 Å². The van der Waals surface area contributed by atoms with E-state index in [-0.39, 0.29) is 17.6 Å². The molecule has 1 amide bonds. The molecule has 0 spiro atoms. The Morgan fingerprint density at radius 3 is 2.53 bits per heavy atom. The summed E-state index contributed by atoms with van der Waals surface area (Å²) in [6.45, 7) is 6.22. The van der Waals surface area contributed by atoms with Crippen LogP contribution < -0.4 is 5.32 Å². The van der Waals surface area contributed by atoms with Crippen LogP contribution in [0.2, 0.25) is 0 Å². The molecule has 2 N–H and O–H groups in total. The van der Waals surface area contributed by atoms with E-state index in [1.54, 1.807) is 0 Å². The third kappa shape index (κ3) is 4.69. The first-order valence-corrected chi connectivity index (χ1v) is 6.44. The quantitative estimate of drug-likeness (QED) is 0.826. The van der Waals surface area contributed by atoms with Gasteiger partial charge in [-0.1, -0.05) is 20.3 Å². The lowest BCUT2D eigenvalue weighted by Gasteiger charge is -2.17. The number of amides is 1. The van der Waals surface area contributed by atoms with Crippen LogP contribution in [0.4, 0.5) is 0 Å². The van der Waals surface area contributed by atoms with Crippen LogP contribution in [0.3, 0.4) is 0 Å². The molecule has 0 fully saturated rings. The molecule has 0 bridgehead atoms. The lowest BCUT2D eigenvalue weighted by atomic mass is 10.0. The van der Waals surface area contributed by atoms with Crippen molar-refractivity contribution in [3.05, 3.63) is 29.6 Å². The van der Waals surface area contributed by atoms with Gasteiger partial charge in [-0.2, -0.15) is 0 Å². The van der Waals surface area contributed by atoms with E-state index in [4.69, 9.17) is 5.11 Å². The third-order valence-corrected chi connectivity index (χ3v) is 3.08. The molecular formula is C14H20N2O3. The van der Waals surface area contributed by atoms with Crippen molar-refractivity contribution in [2.45, 2.75) is 39.7 Å². The van der Waals surface area contributed by atoms with Gasteiger partial charge in [-0.3, -0.25) is 4.79 Å². The third-order valence-electron chi connectivity index (χ3n) is 3.08. The Morgan fingerprint density at radius 2 is 2.05 bits per heavy atom. The van der Waals surface area contributed by atoms with Gasteiger partial charge in [0, 0.05) is 12.2 Å². The number of nitrogens with zero attached hydrogens (tertiary/aromatic N) is 1. The maximum atomic E-state index is 11.9. The number of hydrogen-bond acceptors (Lipinski definition) is 3. The van der Waals surface area contributed by atoms with Gasteiger partial charge in [-0.05, 0) is 31.4 Å². The highest BCUT2D eigenvalue weighted by Crippen LogP contribution is 2.10. The molecule has 0 radical (unpaired) electrons. The minimum atomic E-state index is -1.10. The fraction of sp³-hybridized carbons (Fsp3) is 0.500. The van der Waals surface area contributed by atoms with Gasteiger partial charge in [0.1, 0.15) is 5.69 Å². The molecule has 1 aromatic rings. The SMILES string of the molecule is CCC(C)CC(C)NC(=O)c1ccc(C(=O)O)nc1. The number of carbonyl (C=O) groups excluding carboxylic acids is 1. The second-order valence-corrected chi connectivity index (χ2v) is 4.86. The average Bonchev–Trinajstić information content (AvgIpc) is 2.38. The molecule has 0 saturated carbocycles. The molecule has 1 aromatic heterocycles. The van der Waals surface area contributed by atoms with E-state index in [9.17, 15) is 9.59 Å². The highest BCUT2D eigenvalue weighted by atomic mass is 16.4. The van der Waals surface area contributed by atoms with Crippen molar-refractivity contribution in [3.63, 3.8) is 0 Å². The Balaban J connectivity index is 2.60. The molecule has 0 aliphatic carbocycles. The minimum Gasteiger partial charge on any atom is -0.477 e. The minimum absolute atomic E-state index is 0.0656. The summed E-state index contributed by atoms with van der Waals surface area (Å²) in [5, 5.41) is 11.6. The van der Waals surface area contributed by atoms with Gasteiger partial charge in [-0.15, -0.1) is 0 Å². The van der Waals surface area contributed by atoms with Crippen LogP contribution in [-0.4, -0.2) is 28.0 Å². The monoisotopic (exact) mass is 264 g/mol. The van der Waals surface area contributed by atoms with Gasteiger partial charge >= 0.3 is 5.97 Å². The first-order valence-electron chi connectivity index (χ1n) is 6.44. The average molecular weight is 264 g/mol. The number of nitrogens with one attached hydrogen (secondary N) is 1. The van der Waals surface area contributed by atoms with E-state index < -0.39 is 5.97 Å². The van der Waals surface area contributed by atoms with E-state index in [0.717, 1.165) is 12.8 Å². The number of pyridine rings is 1. The summed E-state index contributed by atoms with van der Waals surface area (Å²) in [5.41, 5.74) is 0.310. The van der Waals surface area contributed by atoms with Crippen LogP contribution in [0.5, 0.6) is 0 Å². The van der Waals surface area contributed by atoms with Crippen molar-refractivity contribution in [1.82, 2.24) is 10.3 Å². The smallest absolute Gasteiger partial charge is 0.354 e. The summed E-state index contributed by atoms with van der Waals surface area (Å²) in [6.07, 6.45) is 3.28. The number of carboxylic acids is 1. The zero-order valence-electron chi connectivity index (χ0n) is 11.5. The molecule has 19 heavy (non-hydrogen) atoms. The molecule has 0 aliphatic heterocycles. The summed E-state index contributed by atoms with van der Waals surface area (Å²) >= 11 is 0. The molecular weight excluding hydrogens is 244 g/mol. The van der Waals surface area contributed by atoms with Crippen LogP contribution in [0.15, 0.2) is 18.3 Å². The largest absolute Gasteiger partial charge is 0.477 e. The maximum Gasteiger partial charge on any atom is 0.354 e. The summed E-state index contributed by atoms with van der Waals surface area (Å²) in [7, 11) is 0. The van der Waals surface area contributed by atoms with Crippen molar-refractivity contribution in [1.29, 1.82) is 0 Å². The lowest BCUT2D eigenvalue weighted by molar-refractivity contribution is 0.0689. The Morgan fingerprint density at radius 1 is 1.37 bits per heavy atom. The Labute approximate surface area is 113 Å². The first kappa shape index (κ1) is 15.1. The van der Waals surface area contributed by atoms with Crippen molar-refractivity contribution in [2.24, 2.45) is 5.92 Å². The highest BCUT2D eigenvalue weighted by Gasteiger charge is 2.13. The van der Waals surface area contributed by atoms with E-state index in [0.29, 0.717) is 11.5 Å². The van der Waals surface area contributed by atoms with Crippen LogP contribution in [0.25, 0.3) is 0 Å². The molecule has 2 atom stereocenters. The van der Waals surface area contributed by atoms with Crippen molar-refractivity contribution in [2.75, 3.05) is 0 Å². The number of rotatable bonds is 6. The first-order chi connectivity index (χ1) is 8.93. The molecule has 5 nitrogen and oxygen atoms in total. The second-order valence-electron chi connectivity index (χ2n) is 4.86. The zero-order chi connectivity index (χ0) is 14.4. The van der Waals surface area contributed by atoms with Gasteiger partial charge in [0.05, 0.1) is 5.56 Å². The number of carbonyl (C=O) groups is 2. The van der Waals surface area contributed by atoms with Gasteiger partial charge in [0.25, 0.3) is 5.91 Å². The summed E-state index contributed by atoms with van der Waals surface area (Å²) in [4.78, 5) is 26.3. The number of carboxylic acid groups (broad SMARTS) is 1. The molecule has 0 saturated heterocycles. The van der Waals surface area contributed by atoms with Gasteiger partial charge in [-0.25, -0.2) is 9.78 Å². The zero-order valence-corrected chi connectivity index (χ0v) is 11.5. The maximum absolute atomic E-state index is 11.9. The predicted octanol–water partition coefficient (Wildman–Crippen LogP) is 2.33. The molecule has 5 heteroatoms. The molecule has 1 rings (SSSR count). The van der Waals surface area contributed by atoms with Crippen molar-refractivity contribution in [3.8, 4) is 0 Å². The predicted molar refractivity (Wildman–Crippen MR) is 72.2 cm³/mol. The van der Waals surface area contributed by atoms with E-state index in [2.05, 4.69) is 24.1 Å². The summed E-state index contributed by atoms with van der Waals surface area (Å²) in [5.74, 6) is -0.764. The summed E-state index contributed by atoms with van der Waals surface area (Å²) < 4.78 is 0. The molecule has 2 unspecified atom stereocenters. The van der Waals surface area contributed by atoms with Gasteiger partial charge in [0.2, 0.25) is 0 Å². The Bertz CT molecular complexity index is 443. The molecule has 0 aliphatic rings. The van der Waals surface area contributed by atoms with Crippen LogP contribution in [0, 0.1) is 5.92 Å². The number of aromatic nitrogens is 1. The van der Waals surface area contributed by atoms with Gasteiger partial charge in [0.15, 0.2) is 0 Å². The van der Waals surface area contributed by atoms with Crippen molar-refractivity contribution >= 4 is 11.9 Å². The second kappa shape index (κ2) is 6.87. The fourth-order valence-electron chi connectivity index (χ4n) is 1.79. The van der Waals surface area contributed by atoms with E-state index in [1.165, 1.54) is 18.3 Å². The number of hydrogen-bond donors (Lipinski definition) is 2. The van der Waals surface area contributed by atoms with Gasteiger partial charge < -0.3 is 10.4 Å². The van der Waals surface area contributed by atoms with Crippen molar-refractivity contribution < 1.29 is 14.7 Å². The lowest BCUT2D eigenvalue weighted by Crippen LogP contribution is -2.33. The Kier molecular flexibility index (Phi) is 5.48. The van der Waals surface area contributed by atoms with E-state index in [1.807, 2.05) is 6.92 Å². The van der Waals surface area contributed by atoms with E-state index >= 15 is 0 Å². The molecule has 1 heterocycles. The summed E-state index contributed by atoms with van der Waals surface area (Å²) in [6, 6.07) is 2.89. The standard InChI is InChI=1S/C14H20N2O3/c1-4-9(2)7-10(3)16-13(17)11-5-6-12(14(18)19)15-8-11/h5-6,8-10H,4,7H2,1-3H3,(H,16,17)(H,18,19). The van der Waals surface area contributed by atoms with Crippen LogP contribution >= 0.6 is 0 Å². The normalized spacial score (nSPS) is 13.6. The number of aromatic carboxylic acids is 1. The Hall–Kier alpha value is -1.91. The fourth-order valence-corrected chi connectivity index (χ4v) is 1.79. The van der Waals surface area contributed by atoms with Crippen LogP contribution in [0.1, 0.15) is 54.5 Å².